The third kappa shape index (κ3) is 4.38. The standard InChI is InChI=1S/C9H11F3NO5PS/c1-19(2,15)6-13-4-3-7(5-8(13)14)18-20(16,17)9(10,11)12/h3-5H,6H2,1-2H3. The summed E-state index contributed by atoms with van der Waals surface area (Å²) in [7, 11) is -8.39. The molecule has 1 aromatic heterocycles. The van der Waals surface area contributed by atoms with Crippen LogP contribution in [0.5, 0.6) is 5.75 Å². The molecule has 20 heavy (non-hydrogen) atoms. The maximum atomic E-state index is 12.1. The zero-order valence-electron chi connectivity index (χ0n) is 10.4. The minimum atomic E-state index is -5.82. The first-order chi connectivity index (χ1) is 8.82. The lowest BCUT2D eigenvalue weighted by molar-refractivity contribution is -0.0500. The van der Waals surface area contributed by atoms with Crippen LogP contribution < -0.4 is 9.74 Å². The number of hydrogen-bond acceptors (Lipinski definition) is 5. The van der Waals surface area contributed by atoms with Gasteiger partial charge in [-0.15, -0.1) is 0 Å². The molecule has 0 saturated carbocycles. The Labute approximate surface area is 112 Å². The van der Waals surface area contributed by atoms with E-state index in [0.717, 1.165) is 16.8 Å². The van der Waals surface area contributed by atoms with Crippen molar-refractivity contribution in [3.05, 3.63) is 28.7 Å². The maximum Gasteiger partial charge on any atom is 0.534 e. The second kappa shape index (κ2) is 5.25. The molecule has 1 rings (SSSR count). The Hall–Kier alpha value is -1.28. The van der Waals surface area contributed by atoms with Gasteiger partial charge in [-0.05, 0) is 19.4 Å². The predicted octanol–water partition coefficient (Wildman–Crippen LogP) is 1.66. The highest BCUT2D eigenvalue weighted by Crippen LogP contribution is 2.37. The molecule has 0 saturated heterocycles. The van der Waals surface area contributed by atoms with E-state index in [1.165, 1.54) is 13.3 Å². The zero-order valence-corrected chi connectivity index (χ0v) is 12.1. The first kappa shape index (κ1) is 16.8. The van der Waals surface area contributed by atoms with Crippen LogP contribution in [0.3, 0.4) is 0 Å². The number of halogens is 3. The number of hydrogen-bond donors (Lipinski definition) is 0. The van der Waals surface area contributed by atoms with Crippen molar-refractivity contribution >= 4 is 17.3 Å². The topological polar surface area (TPSA) is 82.4 Å². The summed E-state index contributed by atoms with van der Waals surface area (Å²) in [4.78, 5) is 11.5. The van der Waals surface area contributed by atoms with E-state index in [2.05, 4.69) is 4.18 Å². The molecule has 0 aromatic carbocycles. The molecule has 0 bridgehead atoms. The second-order valence-corrected chi connectivity index (χ2v) is 9.34. The Balaban J connectivity index is 3.06. The molecule has 0 fully saturated rings. The molecule has 0 radical (unpaired) electrons. The van der Waals surface area contributed by atoms with Crippen molar-refractivity contribution in [2.45, 2.75) is 11.8 Å². The number of alkyl halides is 3. The van der Waals surface area contributed by atoms with E-state index in [9.17, 15) is 30.9 Å². The van der Waals surface area contributed by atoms with Gasteiger partial charge in [0.25, 0.3) is 5.56 Å². The van der Waals surface area contributed by atoms with Crippen LogP contribution in [0.25, 0.3) is 0 Å². The van der Waals surface area contributed by atoms with Crippen LogP contribution in [0.2, 0.25) is 0 Å². The Morgan fingerprint density at radius 3 is 2.30 bits per heavy atom. The second-order valence-electron chi connectivity index (χ2n) is 4.37. The van der Waals surface area contributed by atoms with Crippen LogP contribution in [-0.4, -0.2) is 31.8 Å². The summed E-state index contributed by atoms with van der Waals surface area (Å²) in [5.74, 6) is -0.759. The number of pyridine rings is 1. The van der Waals surface area contributed by atoms with Gasteiger partial charge in [0.1, 0.15) is 12.9 Å². The highest BCUT2D eigenvalue weighted by atomic mass is 32.2. The molecule has 0 atom stereocenters. The molecule has 6 nitrogen and oxygen atoms in total. The monoisotopic (exact) mass is 333 g/mol. The third-order valence-corrected chi connectivity index (χ3v) is 3.91. The normalized spacial score (nSPS) is 13.2. The minimum absolute atomic E-state index is 0.113. The fraction of sp³-hybridized carbons (Fsp3) is 0.444. The molecule has 0 aliphatic carbocycles. The van der Waals surface area contributed by atoms with E-state index in [1.54, 1.807) is 0 Å². The molecular weight excluding hydrogens is 322 g/mol. The highest BCUT2D eigenvalue weighted by molar-refractivity contribution is 7.88. The van der Waals surface area contributed by atoms with E-state index in [4.69, 9.17) is 0 Å². The van der Waals surface area contributed by atoms with Crippen LogP contribution in [0.1, 0.15) is 0 Å². The van der Waals surface area contributed by atoms with Gasteiger partial charge in [0, 0.05) is 12.3 Å². The lowest BCUT2D eigenvalue weighted by Gasteiger charge is -2.12. The van der Waals surface area contributed by atoms with Crippen LogP contribution in [0.4, 0.5) is 13.2 Å². The summed E-state index contributed by atoms with van der Waals surface area (Å²) >= 11 is 0. The van der Waals surface area contributed by atoms with Gasteiger partial charge in [0.2, 0.25) is 0 Å². The zero-order chi connectivity index (χ0) is 15.8. The van der Waals surface area contributed by atoms with Crippen molar-refractivity contribution in [3.63, 3.8) is 0 Å². The summed E-state index contributed by atoms with van der Waals surface area (Å²) in [5.41, 5.74) is -6.39. The molecule has 0 aliphatic rings. The van der Waals surface area contributed by atoms with Gasteiger partial charge in [-0.25, -0.2) is 0 Å². The molecule has 114 valence electrons. The van der Waals surface area contributed by atoms with Gasteiger partial charge in [0.15, 0.2) is 0 Å². The Kier molecular flexibility index (Phi) is 4.40. The fourth-order valence-electron chi connectivity index (χ4n) is 1.20. The van der Waals surface area contributed by atoms with Crippen molar-refractivity contribution in [2.24, 2.45) is 0 Å². The molecule has 1 aromatic rings. The Bertz CT molecular complexity index is 703. The van der Waals surface area contributed by atoms with Gasteiger partial charge < -0.3 is 13.3 Å². The van der Waals surface area contributed by atoms with Crippen molar-refractivity contribution in [2.75, 3.05) is 13.3 Å². The molecule has 0 N–H and O–H groups in total. The smallest absolute Gasteiger partial charge is 0.376 e. The summed E-state index contributed by atoms with van der Waals surface area (Å²) in [6.07, 6.45) is 0.904. The van der Waals surface area contributed by atoms with E-state index < -0.39 is 34.1 Å². The van der Waals surface area contributed by atoms with Crippen LogP contribution >= 0.6 is 7.14 Å². The van der Waals surface area contributed by atoms with E-state index in [-0.39, 0.29) is 6.29 Å². The fourth-order valence-corrected chi connectivity index (χ4v) is 2.62. The van der Waals surface area contributed by atoms with Crippen LogP contribution in [0.15, 0.2) is 23.1 Å². The first-order valence-corrected chi connectivity index (χ1v) is 9.26. The summed E-state index contributed by atoms with van der Waals surface area (Å²) in [6, 6.07) is 1.46. The van der Waals surface area contributed by atoms with Gasteiger partial charge in [-0.2, -0.15) is 21.6 Å². The lowest BCUT2D eigenvalue weighted by Crippen LogP contribution is -2.29. The van der Waals surface area contributed by atoms with Gasteiger partial charge in [0.05, 0.1) is 6.29 Å². The van der Waals surface area contributed by atoms with Crippen molar-refractivity contribution in [1.29, 1.82) is 0 Å². The van der Waals surface area contributed by atoms with E-state index >= 15 is 0 Å². The van der Waals surface area contributed by atoms with E-state index in [1.807, 2.05) is 0 Å². The molecule has 0 spiro atoms. The molecule has 0 amide bonds. The molecular formula is C9H11F3NO5PS. The van der Waals surface area contributed by atoms with Crippen molar-refractivity contribution < 1.29 is 30.3 Å². The third-order valence-electron chi connectivity index (χ3n) is 1.95. The minimum Gasteiger partial charge on any atom is -0.376 e. The van der Waals surface area contributed by atoms with Gasteiger partial charge >= 0.3 is 15.6 Å². The molecule has 1 heterocycles. The lowest BCUT2D eigenvalue weighted by atomic mass is 10.4. The summed E-state index contributed by atoms with van der Waals surface area (Å²) in [5, 5.41) is 0. The van der Waals surface area contributed by atoms with E-state index in [0.29, 0.717) is 6.07 Å². The van der Waals surface area contributed by atoms with Gasteiger partial charge in [-0.3, -0.25) is 4.79 Å². The Morgan fingerprint density at radius 1 is 1.35 bits per heavy atom. The quantitative estimate of drug-likeness (QED) is 0.475. The average molecular weight is 333 g/mol. The first-order valence-electron chi connectivity index (χ1n) is 5.07. The molecule has 0 unspecified atom stereocenters. The predicted molar refractivity (Wildman–Crippen MR) is 65.8 cm³/mol. The average Bonchev–Trinajstić information content (AvgIpc) is 2.18. The molecule has 11 heteroatoms. The maximum absolute atomic E-state index is 12.1. The van der Waals surface area contributed by atoms with Crippen molar-refractivity contribution in [3.8, 4) is 5.75 Å². The van der Waals surface area contributed by atoms with Crippen LogP contribution in [0, 0.1) is 0 Å². The summed E-state index contributed by atoms with van der Waals surface area (Å²) in [6.45, 7) is 2.86. The Morgan fingerprint density at radius 2 is 1.90 bits per heavy atom. The van der Waals surface area contributed by atoms with Crippen LogP contribution in [-0.2, 0) is 21.0 Å². The SMILES string of the molecule is CP(C)(=O)Cn1ccc(OS(=O)(=O)C(F)(F)F)cc1=O. The number of rotatable bonds is 4. The van der Waals surface area contributed by atoms with Crippen molar-refractivity contribution in [1.82, 2.24) is 4.57 Å². The number of nitrogens with zero attached hydrogens (tertiary/aromatic N) is 1. The summed E-state index contributed by atoms with van der Waals surface area (Å²) < 4.78 is 74.1. The largest absolute Gasteiger partial charge is 0.534 e. The van der Waals surface area contributed by atoms with Gasteiger partial charge in [-0.1, -0.05) is 0 Å². The highest BCUT2D eigenvalue weighted by Gasteiger charge is 2.48. The molecule has 0 aliphatic heterocycles. The number of aromatic nitrogens is 1.